The number of hydrogen-bond donors (Lipinski definition) is 2. The number of nitrogens with one attached hydrogen (secondary N) is 2. The summed E-state index contributed by atoms with van der Waals surface area (Å²) in [4.78, 5) is 27.9. The molecule has 1 aromatic heterocycles. The van der Waals surface area contributed by atoms with Gasteiger partial charge in [0.05, 0.1) is 31.7 Å². The van der Waals surface area contributed by atoms with Crippen molar-refractivity contribution in [1.82, 2.24) is 4.90 Å². The molecule has 2 N–H and O–H groups in total. The fourth-order valence-corrected chi connectivity index (χ4v) is 4.17. The van der Waals surface area contributed by atoms with E-state index in [0.717, 1.165) is 11.1 Å². The number of ether oxygens (including phenoxy) is 1. The predicted molar refractivity (Wildman–Crippen MR) is 140 cm³/mol. The van der Waals surface area contributed by atoms with Gasteiger partial charge in [0.25, 0.3) is 5.91 Å². The third kappa shape index (κ3) is 5.71. The van der Waals surface area contributed by atoms with Crippen LogP contribution in [0.1, 0.15) is 10.4 Å². The molecule has 7 nitrogen and oxygen atoms in total. The van der Waals surface area contributed by atoms with Crippen molar-refractivity contribution >= 4 is 23.2 Å². The lowest BCUT2D eigenvalue weighted by Gasteiger charge is -2.26. The monoisotopic (exact) mass is 481 g/mol. The number of carbonyl (C=O) groups excluding carboxylic acids is 2. The summed E-state index contributed by atoms with van der Waals surface area (Å²) < 4.78 is 10.9. The summed E-state index contributed by atoms with van der Waals surface area (Å²) in [5, 5.41) is 5.91. The number of carbonyl (C=O) groups is 2. The lowest BCUT2D eigenvalue weighted by Crippen LogP contribution is -2.41. The van der Waals surface area contributed by atoms with Crippen molar-refractivity contribution in [1.29, 1.82) is 0 Å². The van der Waals surface area contributed by atoms with Crippen LogP contribution in [0.3, 0.4) is 0 Å². The standard InChI is InChI=1S/C29H27N3O4/c33-28(20-32-14-17-35-18-15-32)31-26-19-23(10-13-25(26)27-7-4-16-36-27)29(34)30-24-11-8-22(9-12-24)21-5-2-1-3-6-21/h1-13,16,19H,14-15,17-18,20H2,(H,30,34)(H,31,33). The molecular formula is C29H27N3O4. The molecule has 36 heavy (non-hydrogen) atoms. The maximum Gasteiger partial charge on any atom is 0.255 e. The van der Waals surface area contributed by atoms with Crippen molar-refractivity contribution in [2.45, 2.75) is 0 Å². The molecule has 7 heteroatoms. The zero-order valence-corrected chi connectivity index (χ0v) is 19.8. The Hall–Kier alpha value is -4.20. The van der Waals surface area contributed by atoms with Crippen LogP contribution in [0.5, 0.6) is 0 Å². The first kappa shape index (κ1) is 23.5. The Bertz CT molecular complexity index is 1310. The minimum absolute atomic E-state index is 0.154. The van der Waals surface area contributed by atoms with E-state index in [0.29, 0.717) is 54.6 Å². The molecule has 3 aromatic carbocycles. The molecule has 0 radical (unpaired) electrons. The van der Waals surface area contributed by atoms with E-state index >= 15 is 0 Å². The van der Waals surface area contributed by atoms with E-state index in [4.69, 9.17) is 9.15 Å². The van der Waals surface area contributed by atoms with Gasteiger partial charge < -0.3 is 19.8 Å². The number of rotatable bonds is 7. The summed E-state index contributed by atoms with van der Waals surface area (Å²) in [5.41, 5.74) is 4.53. The zero-order valence-electron chi connectivity index (χ0n) is 19.8. The van der Waals surface area contributed by atoms with E-state index in [1.54, 1.807) is 30.5 Å². The molecule has 1 aliphatic rings. The SMILES string of the molecule is O=C(CN1CCOCC1)Nc1cc(C(=O)Nc2ccc(-c3ccccc3)cc2)ccc1-c1ccco1. The quantitative estimate of drug-likeness (QED) is 0.382. The molecule has 2 heterocycles. The molecule has 5 rings (SSSR count). The van der Waals surface area contributed by atoms with Crippen LogP contribution in [0, 0.1) is 0 Å². The van der Waals surface area contributed by atoms with Crippen LogP contribution in [0.15, 0.2) is 95.6 Å². The van der Waals surface area contributed by atoms with Crippen molar-refractivity contribution in [3.8, 4) is 22.5 Å². The Morgan fingerprint density at radius 2 is 1.56 bits per heavy atom. The van der Waals surface area contributed by atoms with Crippen molar-refractivity contribution in [3.05, 3.63) is 96.8 Å². The van der Waals surface area contributed by atoms with Gasteiger partial charge in [0.15, 0.2) is 0 Å². The van der Waals surface area contributed by atoms with Gasteiger partial charge in [0.1, 0.15) is 5.76 Å². The molecule has 0 saturated carbocycles. The first-order chi connectivity index (χ1) is 17.7. The van der Waals surface area contributed by atoms with Crippen molar-refractivity contribution in [2.24, 2.45) is 0 Å². The van der Waals surface area contributed by atoms with Crippen LogP contribution in [0.4, 0.5) is 11.4 Å². The second-order valence-corrected chi connectivity index (χ2v) is 8.57. The Balaban J connectivity index is 1.32. The van der Waals surface area contributed by atoms with Crippen molar-refractivity contribution in [3.63, 3.8) is 0 Å². The van der Waals surface area contributed by atoms with E-state index in [-0.39, 0.29) is 18.4 Å². The van der Waals surface area contributed by atoms with Crippen LogP contribution >= 0.6 is 0 Å². The highest BCUT2D eigenvalue weighted by molar-refractivity contribution is 6.06. The number of amides is 2. The number of morpholine rings is 1. The highest BCUT2D eigenvalue weighted by atomic mass is 16.5. The molecule has 182 valence electrons. The van der Waals surface area contributed by atoms with Gasteiger partial charge in [-0.3, -0.25) is 14.5 Å². The number of nitrogens with zero attached hydrogens (tertiary/aromatic N) is 1. The van der Waals surface area contributed by atoms with Crippen LogP contribution < -0.4 is 10.6 Å². The highest BCUT2D eigenvalue weighted by Gasteiger charge is 2.18. The summed E-state index contributed by atoms with van der Waals surface area (Å²) in [6, 6.07) is 26.6. The van der Waals surface area contributed by atoms with Gasteiger partial charge in [-0.1, -0.05) is 42.5 Å². The smallest absolute Gasteiger partial charge is 0.255 e. The van der Waals surface area contributed by atoms with E-state index in [9.17, 15) is 9.59 Å². The largest absolute Gasteiger partial charge is 0.464 e. The van der Waals surface area contributed by atoms with Gasteiger partial charge in [-0.2, -0.15) is 0 Å². The summed E-state index contributed by atoms with van der Waals surface area (Å²) in [5.74, 6) is 0.191. The first-order valence-electron chi connectivity index (χ1n) is 11.9. The number of benzene rings is 3. The minimum Gasteiger partial charge on any atom is -0.464 e. The Morgan fingerprint density at radius 3 is 2.28 bits per heavy atom. The maximum absolute atomic E-state index is 13.1. The van der Waals surface area contributed by atoms with Gasteiger partial charge >= 0.3 is 0 Å². The molecule has 0 atom stereocenters. The Kier molecular flexibility index (Phi) is 7.21. The normalized spacial score (nSPS) is 13.8. The minimum atomic E-state index is -0.267. The van der Waals surface area contributed by atoms with Gasteiger partial charge in [0.2, 0.25) is 5.91 Å². The fraction of sp³-hybridized carbons (Fsp3) is 0.172. The van der Waals surface area contributed by atoms with Gasteiger partial charge in [-0.15, -0.1) is 0 Å². The van der Waals surface area contributed by atoms with Crippen molar-refractivity contribution in [2.75, 3.05) is 43.5 Å². The number of furan rings is 1. The van der Waals surface area contributed by atoms with Crippen molar-refractivity contribution < 1.29 is 18.7 Å². The Morgan fingerprint density at radius 1 is 0.806 bits per heavy atom. The lowest BCUT2D eigenvalue weighted by atomic mass is 10.0. The second kappa shape index (κ2) is 11.0. The van der Waals surface area contributed by atoms with E-state index in [1.165, 1.54) is 0 Å². The first-order valence-corrected chi connectivity index (χ1v) is 11.9. The van der Waals surface area contributed by atoms with Crippen LogP contribution in [0.25, 0.3) is 22.5 Å². The fourth-order valence-electron chi connectivity index (χ4n) is 4.17. The average molecular weight is 482 g/mol. The van der Waals surface area contributed by atoms with Gasteiger partial charge in [-0.05, 0) is 53.6 Å². The lowest BCUT2D eigenvalue weighted by molar-refractivity contribution is -0.118. The molecule has 4 aromatic rings. The van der Waals surface area contributed by atoms with Gasteiger partial charge in [0, 0.05) is 29.9 Å². The van der Waals surface area contributed by atoms with E-state index in [1.807, 2.05) is 65.6 Å². The maximum atomic E-state index is 13.1. The average Bonchev–Trinajstić information content (AvgIpc) is 3.45. The van der Waals surface area contributed by atoms with Crippen LogP contribution in [-0.2, 0) is 9.53 Å². The topological polar surface area (TPSA) is 83.8 Å². The summed E-state index contributed by atoms with van der Waals surface area (Å²) in [6.07, 6.45) is 1.58. The van der Waals surface area contributed by atoms with Crippen LogP contribution in [0.2, 0.25) is 0 Å². The number of hydrogen-bond acceptors (Lipinski definition) is 5. The molecule has 0 bridgehead atoms. The summed E-state index contributed by atoms with van der Waals surface area (Å²) in [6.45, 7) is 2.92. The molecule has 0 unspecified atom stereocenters. The molecule has 1 fully saturated rings. The second-order valence-electron chi connectivity index (χ2n) is 8.57. The molecule has 0 aliphatic carbocycles. The third-order valence-electron chi connectivity index (χ3n) is 6.06. The zero-order chi connectivity index (χ0) is 24.7. The highest BCUT2D eigenvalue weighted by Crippen LogP contribution is 2.30. The summed E-state index contributed by atoms with van der Waals surface area (Å²) >= 11 is 0. The predicted octanol–water partition coefficient (Wildman–Crippen LogP) is 5.14. The summed E-state index contributed by atoms with van der Waals surface area (Å²) in [7, 11) is 0. The van der Waals surface area contributed by atoms with Gasteiger partial charge in [-0.25, -0.2) is 0 Å². The molecule has 0 spiro atoms. The molecule has 2 amide bonds. The third-order valence-corrected chi connectivity index (χ3v) is 6.06. The molecule has 1 saturated heterocycles. The van der Waals surface area contributed by atoms with E-state index < -0.39 is 0 Å². The molecule has 1 aliphatic heterocycles. The molecular weight excluding hydrogens is 454 g/mol. The number of anilines is 2. The Labute approximate surface area is 209 Å². The van der Waals surface area contributed by atoms with Crippen LogP contribution in [-0.4, -0.2) is 49.6 Å². The van der Waals surface area contributed by atoms with E-state index in [2.05, 4.69) is 10.6 Å².